The van der Waals surface area contributed by atoms with E-state index < -0.39 is 0 Å². The molecule has 12 heavy (non-hydrogen) atoms. The van der Waals surface area contributed by atoms with Gasteiger partial charge in [-0.15, -0.1) is 0 Å². The first-order valence-corrected chi connectivity index (χ1v) is 5.10. The van der Waals surface area contributed by atoms with Crippen LogP contribution in [0.5, 0.6) is 0 Å². The van der Waals surface area contributed by atoms with Gasteiger partial charge in [0, 0.05) is 0 Å². The van der Waals surface area contributed by atoms with Gasteiger partial charge in [-0.2, -0.15) is 0 Å². The van der Waals surface area contributed by atoms with Crippen molar-refractivity contribution in [3.8, 4) is 0 Å². The largest absolute Gasteiger partial charge is 0.111 e. The summed E-state index contributed by atoms with van der Waals surface area (Å²) in [6, 6.07) is 0. The van der Waals surface area contributed by atoms with Crippen LogP contribution in [0, 0.1) is 17.3 Å². The maximum atomic E-state index is 2.37. The first-order chi connectivity index (χ1) is 5.30. The minimum Gasteiger partial charge on any atom is -0.0917 e. The Morgan fingerprint density at radius 2 is 1.42 bits per heavy atom. The minimum atomic E-state index is 0.415. The zero-order valence-corrected chi connectivity index (χ0v) is 9.81. The summed E-state index contributed by atoms with van der Waals surface area (Å²) >= 11 is 0. The minimum absolute atomic E-state index is 0.415. The Labute approximate surface area is 79.4 Å². The summed E-state index contributed by atoms with van der Waals surface area (Å²) in [4.78, 5) is 0. The van der Waals surface area contributed by atoms with Crippen LogP contribution >= 0.6 is 0 Å². The second-order valence-corrected chi connectivity index (χ2v) is 5.33. The molecule has 0 aromatic rings. The third-order valence-electron chi connectivity index (χ3n) is 2.98. The highest BCUT2D eigenvalue weighted by Crippen LogP contribution is 2.39. The van der Waals surface area contributed by atoms with Gasteiger partial charge in [0.2, 0.25) is 0 Å². The summed E-state index contributed by atoms with van der Waals surface area (Å²) in [5.74, 6) is 2.30. The molecule has 0 aromatic carbocycles. The van der Waals surface area contributed by atoms with Crippen LogP contribution in [0.15, 0.2) is 0 Å². The molecule has 0 heterocycles. The maximum absolute atomic E-state index is 2.37. The molecular formula is C11H24B. The third-order valence-corrected chi connectivity index (χ3v) is 2.98. The second kappa shape index (κ2) is 4.34. The Morgan fingerprint density at radius 1 is 1.00 bits per heavy atom. The summed E-state index contributed by atoms with van der Waals surface area (Å²) in [5, 5.41) is 0. The highest BCUT2D eigenvalue weighted by Gasteiger charge is 2.29. The molecule has 0 amide bonds. The van der Waals surface area contributed by atoms with Crippen molar-refractivity contribution in [2.24, 2.45) is 17.3 Å². The molecule has 0 aliphatic rings. The van der Waals surface area contributed by atoms with Crippen LogP contribution in [0.1, 0.15) is 41.5 Å². The van der Waals surface area contributed by atoms with E-state index in [2.05, 4.69) is 55.6 Å². The Hall–Kier alpha value is 0.0649. The molecule has 0 saturated heterocycles. The van der Waals surface area contributed by atoms with Gasteiger partial charge in [-0.1, -0.05) is 54.2 Å². The smallest absolute Gasteiger partial charge is 0.0917 e. The summed E-state index contributed by atoms with van der Waals surface area (Å²) in [5.41, 5.74) is 0.415. The summed E-state index contributed by atoms with van der Waals surface area (Å²) in [6.07, 6.45) is 0. The van der Waals surface area contributed by atoms with Crippen molar-refractivity contribution in [1.29, 1.82) is 0 Å². The molecule has 2 atom stereocenters. The van der Waals surface area contributed by atoms with Gasteiger partial charge in [-0.3, -0.25) is 0 Å². The van der Waals surface area contributed by atoms with Crippen LogP contribution in [0.3, 0.4) is 0 Å². The van der Waals surface area contributed by atoms with Crippen molar-refractivity contribution in [1.82, 2.24) is 0 Å². The standard InChI is InChI=1S/C11H24B/c1-8(2)9(3)10(12-7)11(4,5)6/h8-10H,1-7H3. The molecule has 0 nitrogen and oxygen atoms in total. The lowest BCUT2D eigenvalue weighted by Gasteiger charge is -2.36. The molecule has 0 rings (SSSR count). The normalized spacial score (nSPS) is 17.7. The SMILES string of the molecule is C[B]C(C(C)C(C)C)C(C)(C)C. The van der Waals surface area contributed by atoms with Crippen molar-refractivity contribution in [3.63, 3.8) is 0 Å². The summed E-state index contributed by atoms with van der Waals surface area (Å²) in [7, 11) is 2.37. The molecule has 2 unspecified atom stereocenters. The predicted molar refractivity (Wildman–Crippen MR) is 58.8 cm³/mol. The van der Waals surface area contributed by atoms with Crippen LogP contribution in [0.4, 0.5) is 0 Å². The van der Waals surface area contributed by atoms with Gasteiger partial charge >= 0.3 is 0 Å². The molecule has 1 heteroatoms. The highest BCUT2D eigenvalue weighted by molar-refractivity contribution is 6.36. The Bertz CT molecular complexity index is 121. The highest BCUT2D eigenvalue weighted by atomic mass is 14.3. The Morgan fingerprint density at radius 3 is 1.50 bits per heavy atom. The molecule has 0 spiro atoms. The van der Waals surface area contributed by atoms with Gasteiger partial charge in [-0.05, 0) is 17.3 Å². The van der Waals surface area contributed by atoms with E-state index in [0.29, 0.717) is 5.41 Å². The average Bonchev–Trinajstić information content (AvgIpc) is 1.85. The van der Waals surface area contributed by atoms with E-state index in [0.717, 1.165) is 17.7 Å². The molecule has 0 saturated carbocycles. The molecular weight excluding hydrogens is 143 g/mol. The van der Waals surface area contributed by atoms with Gasteiger partial charge in [0.25, 0.3) is 0 Å². The number of rotatable bonds is 3. The van der Waals surface area contributed by atoms with Gasteiger partial charge in [0.1, 0.15) is 7.28 Å². The molecule has 0 N–H and O–H groups in total. The zero-order valence-electron chi connectivity index (χ0n) is 9.81. The monoisotopic (exact) mass is 167 g/mol. The fraction of sp³-hybridized carbons (Fsp3) is 1.00. The van der Waals surface area contributed by atoms with E-state index in [1.54, 1.807) is 0 Å². The number of hydrogen-bond acceptors (Lipinski definition) is 0. The van der Waals surface area contributed by atoms with Crippen molar-refractivity contribution in [2.75, 3.05) is 0 Å². The van der Waals surface area contributed by atoms with Crippen LogP contribution in [-0.4, -0.2) is 7.28 Å². The zero-order chi connectivity index (χ0) is 9.94. The third kappa shape index (κ3) is 3.20. The Kier molecular flexibility index (Phi) is 4.37. The number of hydrogen-bond donors (Lipinski definition) is 0. The van der Waals surface area contributed by atoms with Gasteiger partial charge in [0.05, 0.1) is 0 Å². The van der Waals surface area contributed by atoms with Crippen LogP contribution in [0.2, 0.25) is 12.6 Å². The maximum Gasteiger partial charge on any atom is 0.111 e. The topological polar surface area (TPSA) is 0 Å². The molecule has 0 aliphatic heterocycles. The lowest BCUT2D eigenvalue weighted by molar-refractivity contribution is 0.258. The van der Waals surface area contributed by atoms with Gasteiger partial charge in [-0.25, -0.2) is 0 Å². The molecule has 71 valence electrons. The first-order valence-electron chi connectivity index (χ1n) is 5.10. The van der Waals surface area contributed by atoms with E-state index in [4.69, 9.17) is 0 Å². The van der Waals surface area contributed by atoms with E-state index >= 15 is 0 Å². The summed E-state index contributed by atoms with van der Waals surface area (Å²) in [6.45, 7) is 16.2. The van der Waals surface area contributed by atoms with E-state index in [-0.39, 0.29) is 0 Å². The predicted octanol–water partition coefficient (Wildman–Crippen LogP) is 3.87. The lowest BCUT2D eigenvalue weighted by atomic mass is 9.50. The van der Waals surface area contributed by atoms with E-state index in [1.807, 2.05) is 0 Å². The fourth-order valence-electron chi connectivity index (χ4n) is 2.01. The molecule has 0 bridgehead atoms. The quantitative estimate of drug-likeness (QED) is 0.560. The van der Waals surface area contributed by atoms with Crippen LogP contribution in [-0.2, 0) is 0 Å². The van der Waals surface area contributed by atoms with Gasteiger partial charge < -0.3 is 0 Å². The van der Waals surface area contributed by atoms with E-state index in [9.17, 15) is 0 Å². The molecule has 0 aliphatic carbocycles. The van der Waals surface area contributed by atoms with Gasteiger partial charge in [0.15, 0.2) is 0 Å². The van der Waals surface area contributed by atoms with Crippen molar-refractivity contribution < 1.29 is 0 Å². The summed E-state index contributed by atoms with van der Waals surface area (Å²) < 4.78 is 0. The van der Waals surface area contributed by atoms with Crippen molar-refractivity contribution in [2.45, 2.75) is 54.2 Å². The molecule has 1 radical (unpaired) electrons. The lowest BCUT2D eigenvalue weighted by Crippen LogP contribution is -2.27. The van der Waals surface area contributed by atoms with Crippen molar-refractivity contribution in [3.05, 3.63) is 0 Å². The second-order valence-electron chi connectivity index (χ2n) is 5.33. The molecule has 0 aromatic heterocycles. The fourth-order valence-corrected chi connectivity index (χ4v) is 2.01. The van der Waals surface area contributed by atoms with E-state index in [1.165, 1.54) is 0 Å². The molecule has 0 fully saturated rings. The first kappa shape index (κ1) is 12.1. The van der Waals surface area contributed by atoms with Crippen LogP contribution in [0.25, 0.3) is 0 Å². The Balaban J connectivity index is 4.35. The average molecular weight is 167 g/mol. The van der Waals surface area contributed by atoms with Crippen LogP contribution < -0.4 is 0 Å². The van der Waals surface area contributed by atoms with Crippen molar-refractivity contribution >= 4 is 7.28 Å².